The summed E-state index contributed by atoms with van der Waals surface area (Å²) in [5.74, 6) is -0.195. The Morgan fingerprint density at radius 3 is 2.44 bits per heavy atom. The molecule has 94 valence electrons. The fraction of sp³-hybridized carbons (Fsp3) is 0.200. The molecular weight excluding hydrogens is 245 g/mol. The molecule has 0 spiro atoms. The summed E-state index contributed by atoms with van der Waals surface area (Å²) in [6, 6.07) is 13.3. The first kappa shape index (κ1) is 13.1. The molecule has 0 saturated carbocycles. The number of halogens is 1. The van der Waals surface area contributed by atoms with E-state index in [9.17, 15) is 4.39 Å². The first-order chi connectivity index (χ1) is 8.58. The molecule has 0 saturated heterocycles. The molecule has 2 aromatic carbocycles. The van der Waals surface area contributed by atoms with E-state index >= 15 is 0 Å². The zero-order valence-corrected chi connectivity index (χ0v) is 11.3. The number of rotatable bonds is 3. The molecule has 2 rings (SSSR count). The average Bonchev–Trinajstić information content (AvgIpc) is 2.34. The van der Waals surface area contributed by atoms with Crippen molar-refractivity contribution in [2.24, 2.45) is 5.73 Å². The zero-order valence-electron chi connectivity index (χ0n) is 10.5. The minimum atomic E-state index is -0.195. The van der Waals surface area contributed by atoms with E-state index in [0.717, 1.165) is 15.4 Å². The molecule has 0 aliphatic carbocycles. The maximum Gasteiger partial charge on any atom is 0.126 e. The third-order valence-electron chi connectivity index (χ3n) is 2.75. The van der Waals surface area contributed by atoms with Crippen molar-refractivity contribution >= 4 is 11.8 Å². The molecule has 3 heteroatoms. The van der Waals surface area contributed by atoms with Gasteiger partial charge in [0.1, 0.15) is 5.82 Å². The lowest BCUT2D eigenvalue weighted by atomic mass is 10.1. The topological polar surface area (TPSA) is 26.0 Å². The van der Waals surface area contributed by atoms with Crippen LogP contribution in [0.25, 0.3) is 0 Å². The summed E-state index contributed by atoms with van der Waals surface area (Å²) < 4.78 is 13.6. The third-order valence-corrected chi connectivity index (χ3v) is 3.83. The summed E-state index contributed by atoms with van der Waals surface area (Å²) in [5.41, 5.74) is 7.41. The molecule has 0 aliphatic heterocycles. The van der Waals surface area contributed by atoms with Crippen molar-refractivity contribution < 1.29 is 4.39 Å². The van der Waals surface area contributed by atoms with Gasteiger partial charge in [-0.2, -0.15) is 0 Å². The van der Waals surface area contributed by atoms with Crippen LogP contribution in [0.3, 0.4) is 0 Å². The highest BCUT2D eigenvalue weighted by molar-refractivity contribution is 7.99. The highest BCUT2D eigenvalue weighted by Crippen LogP contribution is 2.34. The van der Waals surface area contributed by atoms with Crippen LogP contribution < -0.4 is 5.73 Å². The molecule has 0 bridgehead atoms. The van der Waals surface area contributed by atoms with Crippen molar-refractivity contribution in [2.45, 2.75) is 29.7 Å². The number of nitrogens with two attached hydrogens (primary N) is 1. The maximum atomic E-state index is 13.6. The highest BCUT2D eigenvalue weighted by atomic mass is 32.2. The quantitative estimate of drug-likeness (QED) is 0.891. The molecule has 1 atom stereocenters. The van der Waals surface area contributed by atoms with Gasteiger partial charge >= 0.3 is 0 Å². The van der Waals surface area contributed by atoms with E-state index in [0.29, 0.717) is 5.56 Å². The van der Waals surface area contributed by atoms with Crippen LogP contribution in [0.1, 0.15) is 24.1 Å². The second kappa shape index (κ2) is 5.55. The van der Waals surface area contributed by atoms with E-state index in [4.69, 9.17) is 5.73 Å². The molecule has 0 amide bonds. The Morgan fingerprint density at radius 2 is 1.83 bits per heavy atom. The Kier molecular flexibility index (Phi) is 4.04. The van der Waals surface area contributed by atoms with Crippen LogP contribution in [-0.2, 0) is 0 Å². The van der Waals surface area contributed by atoms with E-state index < -0.39 is 0 Å². The standard InChI is InChI=1S/C15H16FNS/c1-10-8-15(13(11(2)17)9-14(10)16)18-12-6-4-3-5-7-12/h3-9,11H,17H2,1-2H3/t11-/m1/s1. The molecular formula is C15H16FNS. The van der Waals surface area contributed by atoms with Crippen LogP contribution in [0.2, 0.25) is 0 Å². The van der Waals surface area contributed by atoms with E-state index in [1.807, 2.05) is 43.3 Å². The average molecular weight is 261 g/mol. The molecule has 0 aromatic heterocycles. The first-order valence-electron chi connectivity index (χ1n) is 5.86. The molecule has 2 N–H and O–H groups in total. The summed E-state index contributed by atoms with van der Waals surface area (Å²) in [6.07, 6.45) is 0. The van der Waals surface area contributed by atoms with Gasteiger partial charge in [-0.25, -0.2) is 4.39 Å². The van der Waals surface area contributed by atoms with Gasteiger partial charge in [-0.3, -0.25) is 0 Å². The van der Waals surface area contributed by atoms with Gasteiger partial charge < -0.3 is 5.73 Å². The number of hydrogen-bond acceptors (Lipinski definition) is 2. The summed E-state index contributed by atoms with van der Waals surface area (Å²) in [7, 11) is 0. The predicted octanol–water partition coefficient (Wildman–Crippen LogP) is 4.31. The molecule has 0 unspecified atom stereocenters. The molecule has 0 aliphatic rings. The first-order valence-corrected chi connectivity index (χ1v) is 6.68. The zero-order chi connectivity index (χ0) is 13.1. The summed E-state index contributed by atoms with van der Waals surface area (Å²) in [4.78, 5) is 2.15. The van der Waals surface area contributed by atoms with Crippen LogP contribution in [0, 0.1) is 12.7 Å². The maximum absolute atomic E-state index is 13.6. The van der Waals surface area contributed by atoms with Crippen molar-refractivity contribution in [1.82, 2.24) is 0 Å². The number of hydrogen-bond donors (Lipinski definition) is 1. The van der Waals surface area contributed by atoms with Crippen molar-refractivity contribution in [1.29, 1.82) is 0 Å². The van der Waals surface area contributed by atoms with Crippen molar-refractivity contribution in [3.63, 3.8) is 0 Å². The van der Waals surface area contributed by atoms with Gasteiger partial charge in [0.05, 0.1) is 0 Å². The van der Waals surface area contributed by atoms with Gasteiger partial charge in [0.2, 0.25) is 0 Å². The Bertz CT molecular complexity index is 538. The summed E-state index contributed by atoms with van der Waals surface area (Å²) >= 11 is 1.62. The fourth-order valence-electron chi connectivity index (χ4n) is 1.73. The van der Waals surface area contributed by atoms with Crippen LogP contribution in [0.15, 0.2) is 52.3 Å². The normalized spacial score (nSPS) is 12.4. The fourth-order valence-corrected chi connectivity index (χ4v) is 2.88. The lowest BCUT2D eigenvalue weighted by molar-refractivity contribution is 0.610. The molecule has 2 aromatic rings. The smallest absolute Gasteiger partial charge is 0.126 e. The lowest BCUT2D eigenvalue weighted by Gasteiger charge is -2.14. The second-order valence-electron chi connectivity index (χ2n) is 4.34. The minimum absolute atomic E-state index is 0.175. The van der Waals surface area contributed by atoms with Gasteiger partial charge in [0, 0.05) is 15.8 Å². The molecule has 1 nitrogen and oxygen atoms in total. The highest BCUT2D eigenvalue weighted by Gasteiger charge is 2.11. The molecule has 0 heterocycles. The monoisotopic (exact) mass is 261 g/mol. The van der Waals surface area contributed by atoms with Crippen LogP contribution in [0.4, 0.5) is 4.39 Å². The van der Waals surface area contributed by atoms with Gasteiger partial charge in [-0.1, -0.05) is 30.0 Å². The predicted molar refractivity (Wildman–Crippen MR) is 74.3 cm³/mol. The Labute approximate surface area is 111 Å². The lowest BCUT2D eigenvalue weighted by Crippen LogP contribution is -2.07. The minimum Gasteiger partial charge on any atom is -0.324 e. The number of benzene rings is 2. The Balaban J connectivity index is 2.40. The van der Waals surface area contributed by atoms with Gasteiger partial charge in [-0.15, -0.1) is 0 Å². The van der Waals surface area contributed by atoms with E-state index in [2.05, 4.69) is 0 Å². The Hall–Kier alpha value is -1.32. The number of aryl methyl sites for hydroxylation is 1. The van der Waals surface area contributed by atoms with Gasteiger partial charge in [-0.05, 0) is 49.2 Å². The van der Waals surface area contributed by atoms with Gasteiger partial charge in [0.15, 0.2) is 0 Å². The third kappa shape index (κ3) is 2.92. The summed E-state index contributed by atoms with van der Waals surface area (Å²) in [5, 5.41) is 0. The van der Waals surface area contributed by atoms with Crippen molar-refractivity contribution in [3.05, 3.63) is 59.4 Å². The Morgan fingerprint density at radius 1 is 1.17 bits per heavy atom. The van der Waals surface area contributed by atoms with E-state index in [1.165, 1.54) is 0 Å². The van der Waals surface area contributed by atoms with E-state index in [-0.39, 0.29) is 11.9 Å². The molecule has 18 heavy (non-hydrogen) atoms. The van der Waals surface area contributed by atoms with Gasteiger partial charge in [0.25, 0.3) is 0 Å². The molecule has 0 fully saturated rings. The van der Waals surface area contributed by atoms with Crippen molar-refractivity contribution in [2.75, 3.05) is 0 Å². The SMILES string of the molecule is Cc1cc(Sc2ccccc2)c([C@@H](C)N)cc1F. The van der Waals surface area contributed by atoms with Crippen LogP contribution in [0.5, 0.6) is 0 Å². The molecule has 0 radical (unpaired) electrons. The van der Waals surface area contributed by atoms with Crippen LogP contribution >= 0.6 is 11.8 Å². The van der Waals surface area contributed by atoms with Crippen LogP contribution in [-0.4, -0.2) is 0 Å². The second-order valence-corrected chi connectivity index (χ2v) is 5.46. The largest absolute Gasteiger partial charge is 0.324 e. The van der Waals surface area contributed by atoms with Crippen molar-refractivity contribution in [3.8, 4) is 0 Å². The van der Waals surface area contributed by atoms with E-state index in [1.54, 1.807) is 24.8 Å². The summed E-state index contributed by atoms with van der Waals surface area (Å²) in [6.45, 7) is 3.65.